The number of cyclic esters (lactones) is 1. The minimum Gasteiger partial charge on any atom is -0.463 e. The highest BCUT2D eigenvalue weighted by Gasteiger charge is 2.30. The Kier molecular flexibility index (Phi) is 12.9. The Morgan fingerprint density at radius 1 is 0.930 bits per heavy atom. The highest BCUT2D eigenvalue weighted by atomic mass is 16.6. The van der Waals surface area contributed by atoms with Gasteiger partial charge in [-0.1, -0.05) is 72.8 Å². The normalized spacial score (nSPS) is 20.5. The van der Waals surface area contributed by atoms with Gasteiger partial charge in [-0.15, -0.1) is 0 Å². The number of benzene rings is 2. The van der Waals surface area contributed by atoms with Gasteiger partial charge < -0.3 is 24.8 Å². The number of amides is 2. The van der Waals surface area contributed by atoms with E-state index in [1.807, 2.05) is 60.7 Å². The SMILES string of the molecule is CC(C)(C)OC(=O)C[C@H]1C/C=C\C[C@@H](CC(=O)N(CCO)Cc2ccccc2)C(=O)N[C@@H](Cc2ccccc2)COC1=O. The maximum absolute atomic E-state index is 13.6. The smallest absolute Gasteiger partial charge is 0.309 e. The summed E-state index contributed by atoms with van der Waals surface area (Å²) in [5, 5.41) is 12.6. The maximum atomic E-state index is 13.6. The Labute approximate surface area is 254 Å². The minimum absolute atomic E-state index is 0.0534. The summed E-state index contributed by atoms with van der Waals surface area (Å²) < 4.78 is 11.1. The van der Waals surface area contributed by atoms with Gasteiger partial charge in [-0.25, -0.2) is 0 Å². The molecule has 0 radical (unpaired) electrons. The summed E-state index contributed by atoms with van der Waals surface area (Å²) in [6.45, 7) is 5.50. The lowest BCUT2D eigenvalue weighted by Gasteiger charge is -2.27. The van der Waals surface area contributed by atoms with Gasteiger partial charge in [0.25, 0.3) is 0 Å². The summed E-state index contributed by atoms with van der Waals surface area (Å²) in [6, 6.07) is 18.5. The van der Waals surface area contributed by atoms with Crippen molar-refractivity contribution in [2.45, 2.75) is 71.1 Å². The Morgan fingerprint density at radius 2 is 1.53 bits per heavy atom. The Hall–Kier alpha value is -3.98. The van der Waals surface area contributed by atoms with E-state index < -0.39 is 35.4 Å². The second-order valence-electron chi connectivity index (χ2n) is 11.9. The van der Waals surface area contributed by atoms with Crippen LogP contribution in [-0.4, -0.2) is 65.2 Å². The van der Waals surface area contributed by atoms with Gasteiger partial charge in [-0.3, -0.25) is 19.2 Å². The van der Waals surface area contributed by atoms with Crippen LogP contribution in [0.5, 0.6) is 0 Å². The van der Waals surface area contributed by atoms with E-state index in [-0.39, 0.29) is 57.3 Å². The molecule has 1 aliphatic heterocycles. The number of esters is 2. The van der Waals surface area contributed by atoms with Crippen molar-refractivity contribution in [3.63, 3.8) is 0 Å². The molecule has 3 atom stereocenters. The summed E-state index contributed by atoms with van der Waals surface area (Å²) >= 11 is 0. The molecule has 0 spiro atoms. The van der Waals surface area contributed by atoms with Crippen molar-refractivity contribution in [2.24, 2.45) is 11.8 Å². The van der Waals surface area contributed by atoms with Crippen LogP contribution in [-0.2, 0) is 41.6 Å². The van der Waals surface area contributed by atoms with Gasteiger partial charge in [0, 0.05) is 19.5 Å². The largest absolute Gasteiger partial charge is 0.463 e. The third kappa shape index (κ3) is 12.0. The first kappa shape index (κ1) is 33.5. The molecule has 0 saturated heterocycles. The average molecular weight is 593 g/mol. The molecule has 43 heavy (non-hydrogen) atoms. The topological polar surface area (TPSA) is 122 Å². The zero-order valence-electron chi connectivity index (χ0n) is 25.4. The van der Waals surface area contributed by atoms with E-state index in [2.05, 4.69) is 5.32 Å². The standard InChI is InChI=1S/C34H44N2O7/c1-34(2,3)43-31(39)22-28-17-11-10-16-27(21-30(38)36(18-19-37)23-26-14-8-5-9-15-26)32(40)35-29(24-42-33(28)41)20-25-12-6-4-7-13-25/h4-15,27-29,37H,16-24H2,1-3H3,(H,35,40)/b11-10-/t27-,28+,29-/m0/s1. The van der Waals surface area contributed by atoms with Crippen molar-refractivity contribution >= 4 is 23.8 Å². The summed E-state index contributed by atoms with van der Waals surface area (Å²) in [6.07, 6.45) is 4.25. The van der Waals surface area contributed by atoms with E-state index in [1.54, 1.807) is 37.8 Å². The number of carbonyl (C=O) groups excluding carboxylic acids is 4. The van der Waals surface area contributed by atoms with Gasteiger partial charge >= 0.3 is 11.9 Å². The monoisotopic (exact) mass is 592 g/mol. The Bertz CT molecular complexity index is 1220. The van der Waals surface area contributed by atoms with Crippen LogP contribution in [0.2, 0.25) is 0 Å². The maximum Gasteiger partial charge on any atom is 0.309 e. The highest BCUT2D eigenvalue weighted by molar-refractivity contribution is 5.86. The quantitative estimate of drug-likeness (QED) is 0.316. The fraction of sp³-hybridized carbons (Fsp3) is 0.471. The fourth-order valence-corrected chi connectivity index (χ4v) is 4.88. The first-order valence-corrected chi connectivity index (χ1v) is 14.8. The van der Waals surface area contributed by atoms with Gasteiger partial charge in [0.1, 0.15) is 12.2 Å². The van der Waals surface area contributed by atoms with Gasteiger partial charge in [0.2, 0.25) is 11.8 Å². The molecule has 2 amide bonds. The summed E-state index contributed by atoms with van der Waals surface area (Å²) in [7, 11) is 0. The number of hydrogen-bond acceptors (Lipinski definition) is 7. The van der Waals surface area contributed by atoms with E-state index >= 15 is 0 Å². The molecule has 2 aromatic rings. The first-order chi connectivity index (χ1) is 20.5. The number of aliphatic hydroxyl groups is 1. The number of nitrogens with zero attached hydrogens (tertiary/aromatic N) is 1. The van der Waals surface area contributed by atoms with Crippen molar-refractivity contribution in [3.05, 3.63) is 83.9 Å². The molecule has 1 aliphatic rings. The number of hydrogen-bond donors (Lipinski definition) is 2. The lowest BCUT2D eigenvalue weighted by Crippen LogP contribution is -2.45. The summed E-state index contributed by atoms with van der Waals surface area (Å²) in [4.78, 5) is 54.1. The predicted octanol–water partition coefficient (Wildman–Crippen LogP) is 3.98. The van der Waals surface area contributed by atoms with Crippen LogP contribution in [0.1, 0.15) is 57.6 Å². The zero-order chi connectivity index (χ0) is 31.2. The molecule has 1 heterocycles. The molecular weight excluding hydrogens is 548 g/mol. The van der Waals surface area contributed by atoms with Crippen LogP contribution in [0.15, 0.2) is 72.8 Å². The Balaban J connectivity index is 1.81. The van der Waals surface area contributed by atoms with E-state index in [4.69, 9.17) is 9.47 Å². The van der Waals surface area contributed by atoms with Crippen LogP contribution in [0, 0.1) is 11.8 Å². The van der Waals surface area contributed by atoms with E-state index in [0.717, 1.165) is 11.1 Å². The second kappa shape index (κ2) is 16.6. The van der Waals surface area contributed by atoms with Crippen LogP contribution in [0.25, 0.3) is 0 Å². The molecule has 0 saturated carbocycles. The molecule has 2 aromatic carbocycles. The van der Waals surface area contributed by atoms with Gasteiger partial charge in [-0.05, 0) is 51.2 Å². The van der Waals surface area contributed by atoms with Crippen molar-refractivity contribution in [1.82, 2.24) is 10.2 Å². The van der Waals surface area contributed by atoms with Gasteiger partial charge in [0.05, 0.1) is 30.9 Å². The fourth-order valence-electron chi connectivity index (χ4n) is 4.88. The molecule has 0 bridgehead atoms. The molecule has 0 aromatic heterocycles. The number of ether oxygens (including phenoxy) is 2. The van der Waals surface area contributed by atoms with Crippen LogP contribution in [0.3, 0.4) is 0 Å². The summed E-state index contributed by atoms with van der Waals surface area (Å²) in [5.41, 5.74) is 1.19. The predicted molar refractivity (Wildman–Crippen MR) is 162 cm³/mol. The van der Waals surface area contributed by atoms with Crippen LogP contribution in [0.4, 0.5) is 0 Å². The molecule has 2 N–H and O–H groups in total. The Morgan fingerprint density at radius 3 is 2.14 bits per heavy atom. The number of rotatable bonds is 10. The number of aliphatic hydroxyl groups excluding tert-OH is 1. The van der Waals surface area contributed by atoms with Crippen LogP contribution >= 0.6 is 0 Å². The highest BCUT2D eigenvalue weighted by Crippen LogP contribution is 2.20. The number of carbonyl (C=O) groups is 4. The second-order valence-corrected chi connectivity index (χ2v) is 11.9. The van der Waals surface area contributed by atoms with Crippen LogP contribution < -0.4 is 5.32 Å². The van der Waals surface area contributed by atoms with Gasteiger partial charge in [0.15, 0.2) is 0 Å². The number of allylic oxidation sites excluding steroid dienone is 2. The van der Waals surface area contributed by atoms with Crippen molar-refractivity contribution < 1.29 is 33.8 Å². The van der Waals surface area contributed by atoms with Crippen molar-refractivity contribution in [1.29, 1.82) is 0 Å². The van der Waals surface area contributed by atoms with E-state index in [0.29, 0.717) is 13.0 Å². The molecule has 232 valence electrons. The third-order valence-electron chi connectivity index (χ3n) is 7.00. The third-order valence-corrected chi connectivity index (χ3v) is 7.00. The van der Waals surface area contributed by atoms with Gasteiger partial charge in [-0.2, -0.15) is 0 Å². The lowest BCUT2D eigenvalue weighted by atomic mass is 9.95. The van der Waals surface area contributed by atoms with Crippen molar-refractivity contribution in [2.75, 3.05) is 19.8 Å². The average Bonchev–Trinajstić information content (AvgIpc) is 2.95. The summed E-state index contributed by atoms with van der Waals surface area (Å²) in [5.74, 6) is -3.01. The molecule has 3 rings (SSSR count). The zero-order valence-corrected chi connectivity index (χ0v) is 25.4. The van der Waals surface area contributed by atoms with Crippen molar-refractivity contribution in [3.8, 4) is 0 Å². The molecular formula is C34H44N2O7. The molecule has 0 fully saturated rings. The molecule has 9 heteroatoms. The van der Waals surface area contributed by atoms with E-state index in [1.165, 1.54) is 0 Å². The molecule has 0 unspecified atom stereocenters. The number of nitrogens with one attached hydrogen (secondary N) is 1. The molecule has 9 nitrogen and oxygen atoms in total. The first-order valence-electron chi connectivity index (χ1n) is 14.8. The lowest BCUT2D eigenvalue weighted by molar-refractivity contribution is -0.161. The molecule has 0 aliphatic carbocycles. The van der Waals surface area contributed by atoms with E-state index in [9.17, 15) is 24.3 Å². The minimum atomic E-state index is -0.746.